The van der Waals surface area contributed by atoms with Gasteiger partial charge in [-0.1, -0.05) is 18.2 Å². The Bertz CT molecular complexity index is 1480. The van der Waals surface area contributed by atoms with E-state index in [9.17, 15) is 9.59 Å². The van der Waals surface area contributed by atoms with Crippen LogP contribution < -0.4 is 10.5 Å². The fraction of sp³-hybridized carbons (Fsp3) is 0.346. The summed E-state index contributed by atoms with van der Waals surface area (Å²) in [6.07, 6.45) is 4.28. The van der Waals surface area contributed by atoms with Gasteiger partial charge < -0.3 is 14.6 Å². The fourth-order valence-electron chi connectivity index (χ4n) is 5.42. The predicted octanol–water partition coefficient (Wildman–Crippen LogP) is 4.31. The van der Waals surface area contributed by atoms with Gasteiger partial charge in [-0.2, -0.15) is 0 Å². The number of nitrogens with zero attached hydrogens (tertiary/aromatic N) is 3. The van der Waals surface area contributed by atoms with E-state index in [4.69, 9.17) is 4.74 Å². The van der Waals surface area contributed by atoms with Gasteiger partial charge in [0.1, 0.15) is 11.3 Å². The number of nitrogens with one attached hydrogen (secondary N) is 1. The SMILES string of the molecule is Cc1cc2c(cc1C(=O)N1CCc3cccc(C)c31)[nH]c(=O)c1cnc(C3CCOCC3)n12.Cl. The molecule has 4 aromatic rings. The zero-order valence-electron chi connectivity index (χ0n) is 19.3. The number of ether oxygens (including phenoxy) is 1. The zero-order valence-corrected chi connectivity index (χ0v) is 20.1. The van der Waals surface area contributed by atoms with E-state index in [1.165, 1.54) is 5.56 Å². The first-order chi connectivity index (χ1) is 16.0. The molecule has 0 atom stereocenters. The highest BCUT2D eigenvalue weighted by molar-refractivity contribution is 6.10. The van der Waals surface area contributed by atoms with Crippen molar-refractivity contribution in [3.8, 4) is 0 Å². The lowest BCUT2D eigenvalue weighted by Crippen LogP contribution is -2.30. The standard InChI is InChI=1S/C26H26N4O3.ClH/c1-15-4-3-5-17-6-9-29(23(15)17)26(32)19-13-20-21(12-16(19)2)30-22(25(31)28-20)14-27-24(30)18-7-10-33-11-8-18;/h3-5,12-14,18H,6-11H2,1-2H3,(H,28,31);1H. The second kappa shape index (κ2) is 8.56. The van der Waals surface area contributed by atoms with E-state index < -0.39 is 0 Å². The summed E-state index contributed by atoms with van der Waals surface area (Å²) in [5.41, 5.74) is 6.68. The van der Waals surface area contributed by atoms with Crippen molar-refractivity contribution in [3.63, 3.8) is 0 Å². The maximum Gasteiger partial charge on any atom is 0.274 e. The van der Waals surface area contributed by atoms with Crippen molar-refractivity contribution in [3.05, 3.63) is 75.0 Å². The Hall–Kier alpha value is -3.16. The summed E-state index contributed by atoms with van der Waals surface area (Å²) in [5.74, 6) is 1.11. The van der Waals surface area contributed by atoms with Gasteiger partial charge in [-0.3, -0.25) is 14.0 Å². The summed E-state index contributed by atoms with van der Waals surface area (Å²) < 4.78 is 7.49. The molecular weight excluding hydrogens is 452 g/mol. The molecule has 1 N–H and O–H groups in total. The number of fused-ring (bicyclic) bond motifs is 4. The molecular formula is C26H27ClN4O3. The first-order valence-corrected chi connectivity index (χ1v) is 11.5. The number of carbonyl (C=O) groups excluding carboxylic acids is 1. The van der Waals surface area contributed by atoms with Gasteiger partial charge in [-0.15, -0.1) is 12.4 Å². The van der Waals surface area contributed by atoms with Crippen LogP contribution in [0.3, 0.4) is 0 Å². The van der Waals surface area contributed by atoms with E-state index in [2.05, 4.69) is 16.0 Å². The van der Waals surface area contributed by atoms with Gasteiger partial charge in [0, 0.05) is 31.2 Å². The first kappa shape index (κ1) is 22.6. The number of aromatic amines is 1. The van der Waals surface area contributed by atoms with Crippen molar-refractivity contribution in [1.29, 1.82) is 0 Å². The number of imidazole rings is 1. The predicted molar refractivity (Wildman–Crippen MR) is 135 cm³/mol. The van der Waals surface area contributed by atoms with Gasteiger partial charge in [0.05, 0.1) is 22.9 Å². The Labute approximate surface area is 203 Å². The average molecular weight is 479 g/mol. The average Bonchev–Trinajstić information content (AvgIpc) is 3.46. The van der Waals surface area contributed by atoms with Crippen LogP contribution in [0.1, 0.15) is 51.6 Å². The molecule has 0 unspecified atom stereocenters. The zero-order chi connectivity index (χ0) is 22.7. The number of halogens is 1. The molecule has 0 saturated carbocycles. The van der Waals surface area contributed by atoms with Gasteiger partial charge in [0.25, 0.3) is 11.5 Å². The van der Waals surface area contributed by atoms with Crippen LogP contribution in [0.2, 0.25) is 0 Å². The maximum atomic E-state index is 13.6. The quantitative estimate of drug-likeness (QED) is 0.465. The third-order valence-corrected chi connectivity index (χ3v) is 7.11. The molecule has 4 heterocycles. The van der Waals surface area contributed by atoms with Crippen molar-refractivity contribution in [1.82, 2.24) is 14.4 Å². The molecule has 1 saturated heterocycles. The Balaban J connectivity index is 0.00000241. The number of anilines is 1. The molecule has 0 aliphatic carbocycles. The lowest BCUT2D eigenvalue weighted by atomic mass is 9.99. The first-order valence-electron chi connectivity index (χ1n) is 11.5. The van der Waals surface area contributed by atoms with Crippen LogP contribution in [-0.2, 0) is 11.2 Å². The Morgan fingerprint density at radius 1 is 1.12 bits per heavy atom. The van der Waals surface area contributed by atoms with Crippen molar-refractivity contribution in [2.45, 2.75) is 39.0 Å². The van der Waals surface area contributed by atoms with Crippen molar-refractivity contribution >= 4 is 40.6 Å². The molecule has 2 aromatic carbocycles. The van der Waals surface area contributed by atoms with Crippen molar-refractivity contribution in [2.24, 2.45) is 0 Å². The molecule has 2 aliphatic heterocycles. The minimum Gasteiger partial charge on any atom is -0.381 e. The van der Waals surface area contributed by atoms with Gasteiger partial charge >= 0.3 is 0 Å². The highest BCUT2D eigenvalue weighted by atomic mass is 35.5. The molecule has 1 fully saturated rings. The number of rotatable bonds is 2. The van der Waals surface area contributed by atoms with Crippen LogP contribution in [0.25, 0.3) is 16.6 Å². The smallest absolute Gasteiger partial charge is 0.274 e. The molecule has 0 radical (unpaired) electrons. The molecule has 8 heteroatoms. The number of aryl methyl sites for hydroxylation is 2. The number of carbonyl (C=O) groups is 1. The summed E-state index contributed by atoms with van der Waals surface area (Å²) in [6.45, 7) is 6.08. The second-order valence-electron chi connectivity index (χ2n) is 9.15. The fourth-order valence-corrected chi connectivity index (χ4v) is 5.42. The summed E-state index contributed by atoms with van der Waals surface area (Å²) in [6, 6.07) is 10.0. The van der Waals surface area contributed by atoms with Crippen LogP contribution in [0.15, 0.2) is 41.3 Å². The monoisotopic (exact) mass is 478 g/mol. The number of amides is 1. The van der Waals surface area contributed by atoms with Crippen LogP contribution in [-0.4, -0.2) is 40.0 Å². The van der Waals surface area contributed by atoms with Gasteiger partial charge in [-0.25, -0.2) is 4.98 Å². The lowest BCUT2D eigenvalue weighted by Gasteiger charge is -2.22. The maximum absolute atomic E-state index is 13.6. The van der Waals surface area contributed by atoms with E-state index >= 15 is 0 Å². The molecule has 2 aliphatic rings. The third-order valence-electron chi connectivity index (χ3n) is 7.11. The van der Waals surface area contributed by atoms with Crippen molar-refractivity contribution < 1.29 is 9.53 Å². The van der Waals surface area contributed by atoms with Gasteiger partial charge in [-0.05, 0) is 61.9 Å². The number of aromatic nitrogens is 3. The van der Waals surface area contributed by atoms with Crippen LogP contribution >= 0.6 is 12.4 Å². The molecule has 1 amide bonds. The molecule has 2 aromatic heterocycles. The highest BCUT2D eigenvalue weighted by Crippen LogP contribution is 2.34. The van der Waals surface area contributed by atoms with E-state index in [-0.39, 0.29) is 29.8 Å². The number of hydrogen-bond acceptors (Lipinski definition) is 4. The number of benzene rings is 2. The highest BCUT2D eigenvalue weighted by Gasteiger charge is 2.29. The second-order valence-corrected chi connectivity index (χ2v) is 9.15. The normalized spacial score (nSPS) is 16.1. The number of para-hydroxylation sites is 1. The van der Waals surface area contributed by atoms with E-state index in [1.54, 1.807) is 6.20 Å². The molecule has 6 rings (SSSR count). The third kappa shape index (κ3) is 3.42. The van der Waals surface area contributed by atoms with E-state index in [0.717, 1.165) is 47.4 Å². The molecule has 0 spiro atoms. The molecule has 0 bridgehead atoms. The minimum absolute atomic E-state index is 0. The Kier molecular flexibility index (Phi) is 5.70. The molecule has 34 heavy (non-hydrogen) atoms. The van der Waals surface area contributed by atoms with Gasteiger partial charge in [0.2, 0.25) is 0 Å². The lowest BCUT2D eigenvalue weighted by molar-refractivity contribution is 0.0835. The Morgan fingerprint density at radius 2 is 1.91 bits per heavy atom. The number of hydrogen-bond donors (Lipinski definition) is 1. The largest absolute Gasteiger partial charge is 0.381 e. The topological polar surface area (TPSA) is 79.7 Å². The van der Waals surface area contributed by atoms with Crippen molar-refractivity contribution in [2.75, 3.05) is 24.7 Å². The van der Waals surface area contributed by atoms with E-state index in [1.807, 2.05) is 47.4 Å². The molecule has 7 nitrogen and oxygen atoms in total. The number of H-pyrrole nitrogens is 1. The van der Waals surface area contributed by atoms with Gasteiger partial charge in [0.15, 0.2) is 0 Å². The van der Waals surface area contributed by atoms with Crippen LogP contribution in [0.5, 0.6) is 0 Å². The van der Waals surface area contributed by atoms with Crippen LogP contribution in [0, 0.1) is 13.8 Å². The summed E-state index contributed by atoms with van der Waals surface area (Å²) in [5, 5.41) is 0. The summed E-state index contributed by atoms with van der Waals surface area (Å²) >= 11 is 0. The van der Waals surface area contributed by atoms with Crippen LogP contribution in [0.4, 0.5) is 5.69 Å². The summed E-state index contributed by atoms with van der Waals surface area (Å²) in [4.78, 5) is 36.0. The minimum atomic E-state index is -0.196. The summed E-state index contributed by atoms with van der Waals surface area (Å²) in [7, 11) is 0. The van der Waals surface area contributed by atoms with E-state index in [0.29, 0.717) is 36.4 Å². The Morgan fingerprint density at radius 3 is 2.71 bits per heavy atom. The molecule has 176 valence electrons.